The Labute approximate surface area is 166 Å². The molecule has 0 aliphatic carbocycles. The van der Waals surface area contributed by atoms with Crippen molar-refractivity contribution in [1.82, 2.24) is 5.32 Å². The molecule has 4 nitrogen and oxygen atoms in total. The molecule has 2 aliphatic rings. The number of hydrogen-bond acceptors (Lipinski definition) is 3. The van der Waals surface area contributed by atoms with Crippen molar-refractivity contribution in [3.05, 3.63) is 53.8 Å². The first-order chi connectivity index (χ1) is 13.7. The molecule has 3 atom stereocenters. The van der Waals surface area contributed by atoms with Gasteiger partial charge in [-0.15, -0.1) is 0 Å². The molecule has 154 valence electrons. The Bertz CT molecular complexity index is 946. The zero-order valence-electron chi connectivity index (χ0n) is 16.0. The van der Waals surface area contributed by atoms with Gasteiger partial charge in [0.15, 0.2) is 0 Å². The van der Waals surface area contributed by atoms with Crippen LogP contribution in [-0.2, 0) is 4.79 Å². The number of hydrogen-bond donors (Lipinski definition) is 1. The van der Waals surface area contributed by atoms with Crippen molar-refractivity contribution < 1.29 is 22.4 Å². The van der Waals surface area contributed by atoms with Crippen molar-refractivity contribution in [2.24, 2.45) is 0 Å². The smallest absolute Gasteiger partial charge is 0.360 e. The molecule has 2 aromatic rings. The van der Waals surface area contributed by atoms with Crippen LogP contribution in [0.2, 0.25) is 0 Å². The standard InChI is InChI=1S/C21H21F4N3O/c1-12-9-14(26-20(29)21(23,24)25)11-18-15-5-3-4-6-16(15)27(2)19-10-13(22)7-8-17(19)28(12)18/h3-8,10,12,14,18H,9,11H2,1-2H3,(H,26,29)/t12-,14+,18+/m1/s1. The van der Waals surface area contributed by atoms with Crippen LogP contribution >= 0.6 is 0 Å². The first-order valence-electron chi connectivity index (χ1n) is 9.45. The maximum absolute atomic E-state index is 14.0. The van der Waals surface area contributed by atoms with Crippen molar-refractivity contribution in [3.8, 4) is 0 Å². The summed E-state index contributed by atoms with van der Waals surface area (Å²) in [4.78, 5) is 15.5. The third kappa shape index (κ3) is 3.41. The lowest BCUT2D eigenvalue weighted by molar-refractivity contribution is -0.174. The summed E-state index contributed by atoms with van der Waals surface area (Å²) in [6, 6.07) is 11.2. The molecule has 0 spiro atoms. The fourth-order valence-corrected chi connectivity index (χ4v) is 4.57. The zero-order valence-corrected chi connectivity index (χ0v) is 16.0. The van der Waals surface area contributed by atoms with Crippen molar-refractivity contribution in [2.75, 3.05) is 16.8 Å². The molecule has 1 N–H and O–H groups in total. The molecule has 0 bridgehead atoms. The molecule has 0 saturated carbocycles. The van der Waals surface area contributed by atoms with E-state index in [1.54, 1.807) is 6.07 Å². The second kappa shape index (κ2) is 6.93. The molecule has 1 amide bonds. The van der Waals surface area contributed by atoms with Gasteiger partial charge in [0.25, 0.3) is 0 Å². The fourth-order valence-electron chi connectivity index (χ4n) is 4.57. The number of halogens is 4. The lowest BCUT2D eigenvalue weighted by atomic mass is 9.87. The molecule has 1 saturated heterocycles. The third-order valence-corrected chi connectivity index (χ3v) is 5.77. The summed E-state index contributed by atoms with van der Waals surface area (Å²) in [5.41, 5.74) is 3.32. The third-order valence-electron chi connectivity index (χ3n) is 5.77. The van der Waals surface area contributed by atoms with Crippen molar-refractivity contribution in [1.29, 1.82) is 0 Å². The van der Waals surface area contributed by atoms with Gasteiger partial charge in [-0.05, 0) is 49.6 Å². The average molecular weight is 407 g/mol. The predicted molar refractivity (Wildman–Crippen MR) is 103 cm³/mol. The van der Waals surface area contributed by atoms with Crippen LogP contribution in [0, 0.1) is 5.82 Å². The number of anilines is 3. The van der Waals surface area contributed by atoms with Crippen molar-refractivity contribution in [3.63, 3.8) is 0 Å². The van der Waals surface area contributed by atoms with Crippen molar-refractivity contribution >= 4 is 23.0 Å². The Morgan fingerprint density at radius 3 is 2.52 bits per heavy atom. The highest BCUT2D eigenvalue weighted by Crippen LogP contribution is 2.49. The average Bonchev–Trinajstić information content (AvgIpc) is 2.76. The largest absolute Gasteiger partial charge is 0.471 e. The highest BCUT2D eigenvalue weighted by atomic mass is 19.4. The van der Waals surface area contributed by atoms with Gasteiger partial charge >= 0.3 is 12.1 Å². The maximum atomic E-state index is 14.0. The molecule has 0 unspecified atom stereocenters. The van der Waals surface area contributed by atoms with Crippen LogP contribution < -0.4 is 15.1 Å². The highest BCUT2D eigenvalue weighted by Gasteiger charge is 2.44. The number of piperidine rings is 1. The monoisotopic (exact) mass is 407 g/mol. The number of benzene rings is 2. The molecule has 4 rings (SSSR count). The first-order valence-corrected chi connectivity index (χ1v) is 9.45. The van der Waals surface area contributed by atoms with E-state index in [0.29, 0.717) is 18.5 Å². The van der Waals surface area contributed by atoms with Gasteiger partial charge in [-0.3, -0.25) is 4.79 Å². The van der Waals surface area contributed by atoms with E-state index >= 15 is 0 Å². The first kappa shape index (κ1) is 19.5. The molecule has 1 fully saturated rings. The maximum Gasteiger partial charge on any atom is 0.471 e. The number of rotatable bonds is 1. The highest BCUT2D eigenvalue weighted by molar-refractivity contribution is 5.83. The Balaban J connectivity index is 1.78. The van der Waals surface area contributed by atoms with Crippen LogP contribution in [0.4, 0.5) is 34.6 Å². The normalized spacial score (nSPS) is 23.6. The Morgan fingerprint density at radius 1 is 1.07 bits per heavy atom. The molecule has 2 aromatic carbocycles. The summed E-state index contributed by atoms with van der Waals surface area (Å²) in [6.07, 6.45) is -4.22. The SMILES string of the molecule is C[C@@H]1C[C@H](NC(=O)C(F)(F)F)C[C@H]2c3ccccc3N(C)c3cc(F)ccc3N12. The van der Waals surface area contributed by atoms with E-state index in [2.05, 4.69) is 10.2 Å². The van der Waals surface area contributed by atoms with Gasteiger partial charge in [-0.25, -0.2) is 4.39 Å². The topological polar surface area (TPSA) is 35.6 Å². The minimum absolute atomic E-state index is 0.156. The van der Waals surface area contributed by atoms with Gasteiger partial charge in [0, 0.05) is 24.8 Å². The predicted octanol–water partition coefficient (Wildman–Crippen LogP) is 4.68. The second-order valence-corrected chi connectivity index (χ2v) is 7.66. The van der Waals surface area contributed by atoms with E-state index in [0.717, 1.165) is 16.9 Å². The number of amides is 1. The molecular formula is C21H21F4N3O. The number of carbonyl (C=O) groups excluding carboxylic acids is 1. The van der Waals surface area contributed by atoms with Crippen LogP contribution in [-0.4, -0.2) is 31.2 Å². The summed E-state index contributed by atoms with van der Waals surface area (Å²) >= 11 is 0. The van der Waals surface area contributed by atoms with Crippen LogP contribution in [0.5, 0.6) is 0 Å². The van der Waals surface area contributed by atoms with Crippen LogP contribution in [0.1, 0.15) is 31.4 Å². The number of nitrogens with one attached hydrogen (secondary N) is 1. The summed E-state index contributed by atoms with van der Waals surface area (Å²) < 4.78 is 52.3. The Kier molecular flexibility index (Phi) is 4.67. The number of para-hydroxylation sites is 1. The molecule has 0 aromatic heterocycles. The number of alkyl halides is 3. The summed E-state index contributed by atoms with van der Waals surface area (Å²) in [5.74, 6) is -2.27. The number of fused-ring (bicyclic) bond motifs is 5. The van der Waals surface area contributed by atoms with Gasteiger partial charge < -0.3 is 15.1 Å². The van der Waals surface area contributed by atoms with Gasteiger partial charge in [0.1, 0.15) is 5.82 Å². The van der Waals surface area contributed by atoms with E-state index in [-0.39, 0.29) is 17.9 Å². The Morgan fingerprint density at radius 2 is 1.79 bits per heavy atom. The molecular weight excluding hydrogens is 386 g/mol. The van der Waals surface area contributed by atoms with E-state index < -0.39 is 18.1 Å². The van der Waals surface area contributed by atoms with Gasteiger partial charge in [0.2, 0.25) is 0 Å². The zero-order chi connectivity index (χ0) is 20.9. The second-order valence-electron chi connectivity index (χ2n) is 7.66. The molecule has 0 radical (unpaired) electrons. The number of carbonyl (C=O) groups is 1. The van der Waals surface area contributed by atoms with Crippen LogP contribution in [0.3, 0.4) is 0 Å². The molecule has 2 heterocycles. The van der Waals surface area contributed by atoms with E-state index in [9.17, 15) is 22.4 Å². The molecule has 8 heteroatoms. The fraction of sp³-hybridized carbons (Fsp3) is 0.381. The lowest BCUT2D eigenvalue weighted by Crippen LogP contribution is -2.52. The lowest BCUT2D eigenvalue weighted by Gasteiger charge is -2.45. The summed E-state index contributed by atoms with van der Waals surface area (Å²) in [5, 5.41) is 2.15. The van der Waals surface area contributed by atoms with E-state index in [1.807, 2.05) is 43.1 Å². The quantitative estimate of drug-likeness (QED) is 0.697. The van der Waals surface area contributed by atoms with Crippen molar-refractivity contribution in [2.45, 2.75) is 44.1 Å². The van der Waals surface area contributed by atoms with Gasteiger partial charge in [-0.2, -0.15) is 13.2 Å². The van der Waals surface area contributed by atoms with Gasteiger partial charge in [-0.1, -0.05) is 18.2 Å². The summed E-state index contributed by atoms with van der Waals surface area (Å²) in [6.45, 7) is 1.92. The minimum Gasteiger partial charge on any atom is -0.360 e. The van der Waals surface area contributed by atoms with Gasteiger partial charge in [0.05, 0.1) is 17.4 Å². The minimum atomic E-state index is -4.91. The Hall–Kier alpha value is -2.77. The molecule has 29 heavy (non-hydrogen) atoms. The summed E-state index contributed by atoms with van der Waals surface area (Å²) in [7, 11) is 1.85. The van der Waals surface area contributed by atoms with E-state index in [1.165, 1.54) is 12.1 Å². The van der Waals surface area contributed by atoms with Crippen LogP contribution in [0.15, 0.2) is 42.5 Å². The molecule has 2 aliphatic heterocycles. The van der Waals surface area contributed by atoms with Crippen LogP contribution in [0.25, 0.3) is 0 Å². The number of nitrogens with zero attached hydrogens (tertiary/aromatic N) is 2. The van der Waals surface area contributed by atoms with E-state index in [4.69, 9.17) is 0 Å².